The second-order valence-corrected chi connectivity index (χ2v) is 8.99. The summed E-state index contributed by atoms with van der Waals surface area (Å²) in [7, 11) is 1.44. The average Bonchev–Trinajstić information content (AvgIpc) is 2.63. The van der Waals surface area contributed by atoms with E-state index in [1.807, 2.05) is 20.8 Å². The molecule has 2 N–H and O–H groups in total. The number of nitrogens with zero attached hydrogens (tertiary/aromatic N) is 1. The predicted octanol–water partition coefficient (Wildman–Crippen LogP) is 1.80. The fraction of sp³-hybridized carbons (Fsp3) is 0.500. The summed E-state index contributed by atoms with van der Waals surface area (Å²) < 4.78 is 17.8. The second kappa shape index (κ2) is 11.5. The van der Waals surface area contributed by atoms with Crippen molar-refractivity contribution < 1.29 is 28.3 Å². The Bertz CT molecular complexity index is 765. The van der Waals surface area contributed by atoms with E-state index in [1.54, 1.807) is 6.92 Å². The number of rotatable bonds is 9. The van der Waals surface area contributed by atoms with Gasteiger partial charge in [-0.3, -0.25) is 19.2 Å². The number of ether oxygens (including phenoxy) is 1. The summed E-state index contributed by atoms with van der Waals surface area (Å²) in [4.78, 5) is 49.0. The number of esters is 1. The van der Waals surface area contributed by atoms with Crippen molar-refractivity contribution in [3.8, 4) is 0 Å². The van der Waals surface area contributed by atoms with E-state index in [1.165, 1.54) is 36.2 Å². The van der Waals surface area contributed by atoms with Crippen molar-refractivity contribution in [2.75, 3.05) is 31.3 Å². The number of carbonyl (C=O) groups is 4. The van der Waals surface area contributed by atoms with Gasteiger partial charge in [-0.1, -0.05) is 0 Å². The van der Waals surface area contributed by atoms with Crippen LogP contribution in [0.15, 0.2) is 24.3 Å². The quantitative estimate of drug-likeness (QED) is 0.567. The first-order valence-electron chi connectivity index (χ1n) is 9.26. The first-order chi connectivity index (χ1) is 13.9. The molecule has 1 aromatic carbocycles. The van der Waals surface area contributed by atoms with Gasteiger partial charge in [0.05, 0.1) is 12.3 Å². The van der Waals surface area contributed by atoms with Crippen LogP contribution in [0.2, 0.25) is 0 Å². The van der Waals surface area contributed by atoms with E-state index < -0.39 is 35.1 Å². The third-order valence-corrected chi connectivity index (χ3v) is 4.70. The number of likely N-dealkylation sites (N-methyl/N-ethyl adjacent to an activating group) is 1. The first kappa shape index (κ1) is 25.4. The molecular formula is C20H28FN3O5S. The number of thioether (sulfide) groups is 1. The molecule has 0 aliphatic carbocycles. The topological polar surface area (TPSA) is 105 Å². The van der Waals surface area contributed by atoms with Crippen molar-refractivity contribution in [3.63, 3.8) is 0 Å². The summed E-state index contributed by atoms with van der Waals surface area (Å²) in [6, 6.07) is 5.31. The lowest BCUT2D eigenvalue weighted by Crippen LogP contribution is -2.47. The predicted molar refractivity (Wildman–Crippen MR) is 113 cm³/mol. The molecule has 1 atom stereocenters. The van der Waals surface area contributed by atoms with Crippen molar-refractivity contribution in [1.29, 1.82) is 0 Å². The van der Waals surface area contributed by atoms with Crippen LogP contribution in [0.3, 0.4) is 0 Å². The van der Waals surface area contributed by atoms with Gasteiger partial charge in [-0.2, -0.15) is 0 Å². The van der Waals surface area contributed by atoms with Crippen molar-refractivity contribution in [1.82, 2.24) is 10.2 Å². The maximum atomic E-state index is 12.9. The van der Waals surface area contributed by atoms with Crippen molar-refractivity contribution in [2.45, 2.75) is 38.5 Å². The Morgan fingerprint density at radius 3 is 2.30 bits per heavy atom. The largest absolute Gasteiger partial charge is 0.455 e. The van der Waals surface area contributed by atoms with E-state index >= 15 is 0 Å². The monoisotopic (exact) mass is 441 g/mol. The minimum absolute atomic E-state index is 0.0194. The van der Waals surface area contributed by atoms with Crippen LogP contribution in [0, 0.1) is 5.82 Å². The van der Waals surface area contributed by atoms with Crippen LogP contribution in [0.1, 0.15) is 27.7 Å². The zero-order chi connectivity index (χ0) is 22.9. The normalized spacial score (nSPS) is 11.9. The molecule has 0 aliphatic rings. The van der Waals surface area contributed by atoms with Gasteiger partial charge < -0.3 is 20.3 Å². The standard InChI is InChI=1S/C20H28FN3O5S/c1-13(30-12-17(26)22-15-8-6-14(21)7-9-15)19(28)29-11-18(27)24(5)10-16(25)23-20(2,3)4/h6-9,13H,10-12H2,1-5H3,(H,22,26)(H,23,25). The summed E-state index contributed by atoms with van der Waals surface area (Å²) in [5.74, 6) is -2.26. The highest BCUT2D eigenvalue weighted by atomic mass is 32.2. The third kappa shape index (κ3) is 10.2. The van der Waals surface area contributed by atoms with Crippen LogP contribution in [-0.4, -0.2) is 65.3 Å². The molecule has 10 heteroatoms. The fourth-order valence-corrected chi connectivity index (χ4v) is 2.80. The molecular weight excluding hydrogens is 413 g/mol. The Kier molecular flexibility index (Phi) is 9.77. The Morgan fingerprint density at radius 2 is 1.73 bits per heavy atom. The van der Waals surface area contributed by atoms with Crippen LogP contribution >= 0.6 is 11.8 Å². The molecule has 0 radical (unpaired) electrons. The molecule has 8 nitrogen and oxygen atoms in total. The van der Waals surface area contributed by atoms with E-state index in [-0.39, 0.29) is 24.1 Å². The number of hydrogen-bond donors (Lipinski definition) is 2. The molecule has 0 aliphatic heterocycles. The molecule has 0 bridgehead atoms. The molecule has 0 spiro atoms. The molecule has 0 saturated carbocycles. The molecule has 0 fully saturated rings. The lowest BCUT2D eigenvalue weighted by Gasteiger charge is -2.23. The molecule has 166 valence electrons. The van der Waals surface area contributed by atoms with Gasteiger partial charge in [-0.05, 0) is 52.0 Å². The van der Waals surface area contributed by atoms with Gasteiger partial charge in [-0.15, -0.1) is 11.8 Å². The molecule has 30 heavy (non-hydrogen) atoms. The average molecular weight is 442 g/mol. The maximum Gasteiger partial charge on any atom is 0.319 e. The summed E-state index contributed by atoms with van der Waals surface area (Å²) in [5.41, 5.74) is 0.0321. The fourth-order valence-electron chi connectivity index (χ4n) is 2.12. The van der Waals surface area contributed by atoms with Gasteiger partial charge in [0.15, 0.2) is 6.61 Å². The minimum Gasteiger partial charge on any atom is -0.455 e. The number of amides is 3. The van der Waals surface area contributed by atoms with E-state index in [9.17, 15) is 23.6 Å². The number of halogens is 1. The Hall–Kier alpha value is -2.62. The van der Waals surface area contributed by atoms with Crippen LogP contribution < -0.4 is 10.6 Å². The number of anilines is 1. The SMILES string of the molecule is CC(SCC(=O)Nc1ccc(F)cc1)C(=O)OCC(=O)N(C)CC(=O)NC(C)(C)C. The van der Waals surface area contributed by atoms with E-state index in [0.29, 0.717) is 5.69 Å². The first-order valence-corrected chi connectivity index (χ1v) is 10.3. The van der Waals surface area contributed by atoms with E-state index in [0.717, 1.165) is 11.8 Å². The van der Waals surface area contributed by atoms with Gasteiger partial charge >= 0.3 is 5.97 Å². The van der Waals surface area contributed by atoms with Gasteiger partial charge in [0, 0.05) is 18.3 Å². The number of benzene rings is 1. The maximum absolute atomic E-state index is 12.9. The summed E-state index contributed by atoms with van der Waals surface area (Å²) in [6.07, 6.45) is 0. The molecule has 0 saturated heterocycles. The van der Waals surface area contributed by atoms with Crippen molar-refractivity contribution >= 4 is 41.1 Å². The highest BCUT2D eigenvalue weighted by Gasteiger charge is 2.21. The summed E-state index contributed by atoms with van der Waals surface area (Å²) in [6.45, 7) is 6.39. The van der Waals surface area contributed by atoms with E-state index in [4.69, 9.17) is 4.74 Å². The third-order valence-electron chi connectivity index (χ3n) is 3.58. The number of hydrogen-bond acceptors (Lipinski definition) is 6. The summed E-state index contributed by atoms with van der Waals surface area (Å²) >= 11 is 1.04. The lowest BCUT2D eigenvalue weighted by molar-refractivity contribution is -0.151. The van der Waals surface area contributed by atoms with Crippen LogP contribution in [0.25, 0.3) is 0 Å². The molecule has 1 rings (SSSR count). The number of carbonyl (C=O) groups excluding carboxylic acids is 4. The molecule has 0 aromatic heterocycles. The van der Waals surface area contributed by atoms with Crippen molar-refractivity contribution in [2.24, 2.45) is 0 Å². The van der Waals surface area contributed by atoms with Gasteiger partial charge in [0.2, 0.25) is 11.8 Å². The Labute approximate surface area is 179 Å². The molecule has 3 amide bonds. The van der Waals surface area contributed by atoms with Gasteiger partial charge in [0.1, 0.15) is 11.1 Å². The Balaban J connectivity index is 2.34. The Morgan fingerprint density at radius 1 is 1.13 bits per heavy atom. The zero-order valence-electron chi connectivity index (χ0n) is 17.8. The number of nitrogens with one attached hydrogen (secondary N) is 2. The highest BCUT2D eigenvalue weighted by molar-refractivity contribution is 8.01. The minimum atomic E-state index is -0.675. The summed E-state index contributed by atoms with van der Waals surface area (Å²) in [5, 5.41) is 4.65. The second-order valence-electron chi connectivity index (χ2n) is 7.66. The smallest absolute Gasteiger partial charge is 0.319 e. The van der Waals surface area contributed by atoms with E-state index in [2.05, 4.69) is 10.6 Å². The highest BCUT2D eigenvalue weighted by Crippen LogP contribution is 2.14. The molecule has 0 heterocycles. The van der Waals surface area contributed by atoms with Crippen LogP contribution in [-0.2, 0) is 23.9 Å². The van der Waals surface area contributed by atoms with Crippen LogP contribution in [0.4, 0.5) is 10.1 Å². The zero-order valence-corrected chi connectivity index (χ0v) is 18.6. The van der Waals surface area contributed by atoms with Gasteiger partial charge in [-0.25, -0.2) is 4.39 Å². The molecule has 1 aromatic rings. The lowest BCUT2D eigenvalue weighted by atomic mass is 10.1. The van der Waals surface area contributed by atoms with Crippen LogP contribution in [0.5, 0.6) is 0 Å². The molecule has 1 unspecified atom stereocenters. The van der Waals surface area contributed by atoms with Crippen molar-refractivity contribution in [3.05, 3.63) is 30.1 Å². The van der Waals surface area contributed by atoms with Gasteiger partial charge in [0.25, 0.3) is 5.91 Å².